The number of carbonyl (C=O) groups is 1. The van der Waals surface area contributed by atoms with E-state index in [0.29, 0.717) is 19.8 Å². The number of halogens is 1. The van der Waals surface area contributed by atoms with Gasteiger partial charge in [-0.25, -0.2) is 0 Å². The molecule has 0 heterocycles. The van der Waals surface area contributed by atoms with Crippen molar-refractivity contribution in [2.75, 3.05) is 0 Å². The van der Waals surface area contributed by atoms with Crippen molar-refractivity contribution in [3.05, 3.63) is 117 Å². The van der Waals surface area contributed by atoms with Gasteiger partial charge in [0.25, 0.3) is 0 Å². The van der Waals surface area contributed by atoms with Gasteiger partial charge in [0.1, 0.15) is 18.3 Å². The van der Waals surface area contributed by atoms with Gasteiger partial charge < -0.3 is 14.2 Å². The first-order valence-electron chi connectivity index (χ1n) is 10.6. The van der Waals surface area contributed by atoms with Gasteiger partial charge in [-0.1, -0.05) is 78.9 Å². The monoisotopic (exact) mass is 540 g/mol. The predicted molar refractivity (Wildman–Crippen MR) is 132 cm³/mol. The number of benzene rings is 3. The molecule has 3 atom stereocenters. The second-order valence-corrected chi connectivity index (χ2v) is 8.77. The van der Waals surface area contributed by atoms with E-state index in [0.717, 1.165) is 20.3 Å². The Hall–Kier alpha value is -2.32. The highest BCUT2D eigenvalue weighted by atomic mass is 127. The average molecular weight is 540 g/mol. The first kappa shape index (κ1) is 22.9. The molecule has 4 nitrogen and oxygen atoms in total. The molecule has 1 aliphatic carbocycles. The number of ketones is 1. The summed E-state index contributed by atoms with van der Waals surface area (Å²) < 4.78 is 19.7. The largest absolute Gasteiger partial charge is 0.367 e. The number of hydrogen-bond acceptors (Lipinski definition) is 4. The lowest BCUT2D eigenvalue weighted by atomic mass is 9.96. The van der Waals surface area contributed by atoms with E-state index in [4.69, 9.17) is 14.2 Å². The summed E-state index contributed by atoms with van der Waals surface area (Å²) in [5.41, 5.74) is 3.14. The third-order valence-corrected chi connectivity index (χ3v) is 6.35. The topological polar surface area (TPSA) is 44.8 Å². The Labute approximate surface area is 202 Å². The smallest absolute Gasteiger partial charge is 0.186 e. The van der Waals surface area contributed by atoms with E-state index in [1.54, 1.807) is 12.2 Å². The molecule has 164 valence electrons. The van der Waals surface area contributed by atoms with E-state index in [-0.39, 0.29) is 5.78 Å². The molecule has 3 aromatic carbocycles. The third-order valence-electron chi connectivity index (χ3n) is 5.30. The minimum absolute atomic E-state index is 0.104. The maximum atomic E-state index is 12.8. The summed E-state index contributed by atoms with van der Waals surface area (Å²) in [5, 5.41) is 0. The average Bonchev–Trinajstić information content (AvgIpc) is 2.83. The van der Waals surface area contributed by atoms with Crippen molar-refractivity contribution in [1.29, 1.82) is 0 Å². The van der Waals surface area contributed by atoms with Crippen molar-refractivity contribution in [1.82, 2.24) is 0 Å². The summed E-state index contributed by atoms with van der Waals surface area (Å²) in [6, 6.07) is 27.8. The van der Waals surface area contributed by atoms with Gasteiger partial charge in [-0.2, -0.15) is 0 Å². The molecule has 0 aromatic heterocycles. The summed E-state index contributed by atoms with van der Waals surface area (Å²) in [7, 11) is 0. The van der Waals surface area contributed by atoms with Crippen LogP contribution in [0.2, 0.25) is 0 Å². The van der Waals surface area contributed by atoms with Crippen LogP contribution in [0.15, 0.2) is 97.1 Å². The van der Waals surface area contributed by atoms with Crippen molar-refractivity contribution in [2.45, 2.75) is 38.1 Å². The lowest BCUT2D eigenvalue weighted by Crippen LogP contribution is -2.48. The van der Waals surface area contributed by atoms with E-state index >= 15 is 0 Å². The van der Waals surface area contributed by atoms with Crippen LogP contribution < -0.4 is 0 Å². The van der Waals surface area contributed by atoms with Crippen LogP contribution in [0.25, 0.3) is 0 Å². The number of hydrogen-bond donors (Lipinski definition) is 0. The van der Waals surface area contributed by atoms with E-state index in [1.807, 2.05) is 78.9 Å². The van der Waals surface area contributed by atoms with Crippen molar-refractivity contribution in [3.63, 3.8) is 0 Å². The first-order valence-corrected chi connectivity index (χ1v) is 11.7. The maximum Gasteiger partial charge on any atom is 0.186 e. The molecule has 3 aromatic rings. The zero-order chi connectivity index (χ0) is 22.2. The predicted octanol–water partition coefficient (Wildman–Crippen LogP) is 5.49. The van der Waals surface area contributed by atoms with Crippen LogP contribution in [0.1, 0.15) is 16.7 Å². The standard InChI is InChI=1S/C27H25IO4/c28-23-14-8-7-13-22(23)19-30-25-16-15-24(29)26(31-17-20-9-3-1-4-10-20)27(25)32-18-21-11-5-2-6-12-21/h1-16,25-27H,17-19H2/t25-,26+,27+/m1/s1. The molecule has 0 fully saturated rings. The SMILES string of the molecule is O=C1C=C[C@@H](OCc2ccccc2I)[C@H](OCc2ccccc2)[C@H]1OCc1ccccc1. The highest BCUT2D eigenvalue weighted by Gasteiger charge is 2.38. The van der Waals surface area contributed by atoms with Crippen LogP contribution in [0, 0.1) is 3.57 Å². The zero-order valence-corrected chi connectivity index (χ0v) is 19.8. The quantitative estimate of drug-likeness (QED) is 0.337. The lowest BCUT2D eigenvalue weighted by molar-refractivity contribution is -0.160. The van der Waals surface area contributed by atoms with Gasteiger partial charge >= 0.3 is 0 Å². The molecule has 0 saturated carbocycles. The van der Waals surface area contributed by atoms with Crippen LogP contribution in [0.3, 0.4) is 0 Å². The summed E-state index contributed by atoms with van der Waals surface area (Å²) in [5.74, 6) is -0.104. The second kappa shape index (κ2) is 11.5. The molecular weight excluding hydrogens is 515 g/mol. The highest BCUT2D eigenvalue weighted by molar-refractivity contribution is 14.1. The van der Waals surface area contributed by atoms with Gasteiger partial charge in [0.2, 0.25) is 0 Å². The lowest BCUT2D eigenvalue weighted by Gasteiger charge is -2.33. The molecule has 0 saturated heterocycles. The Bertz CT molecular complexity index is 1040. The van der Waals surface area contributed by atoms with E-state index < -0.39 is 18.3 Å². The second-order valence-electron chi connectivity index (χ2n) is 7.61. The molecule has 0 amide bonds. The summed E-state index contributed by atoms with van der Waals surface area (Å²) in [6.07, 6.45) is 1.67. The van der Waals surface area contributed by atoms with Gasteiger partial charge in [0.15, 0.2) is 5.78 Å². The van der Waals surface area contributed by atoms with Crippen molar-refractivity contribution in [2.24, 2.45) is 0 Å². The maximum absolute atomic E-state index is 12.8. The minimum atomic E-state index is -0.733. The van der Waals surface area contributed by atoms with Gasteiger partial charge in [-0.15, -0.1) is 0 Å². The van der Waals surface area contributed by atoms with Crippen LogP contribution in [-0.4, -0.2) is 24.1 Å². The molecule has 0 radical (unpaired) electrons. The molecule has 4 rings (SSSR count). The fourth-order valence-electron chi connectivity index (χ4n) is 3.57. The van der Waals surface area contributed by atoms with Crippen LogP contribution >= 0.6 is 22.6 Å². The summed E-state index contributed by atoms with van der Waals surface area (Å²) >= 11 is 2.30. The molecular formula is C27H25IO4. The van der Waals surface area contributed by atoms with Crippen molar-refractivity contribution in [3.8, 4) is 0 Å². The van der Waals surface area contributed by atoms with Crippen LogP contribution in [0.4, 0.5) is 0 Å². The van der Waals surface area contributed by atoms with E-state index in [2.05, 4.69) is 28.7 Å². The fraction of sp³-hybridized carbons (Fsp3) is 0.222. The Kier molecular flexibility index (Phi) is 8.23. The first-order chi connectivity index (χ1) is 15.7. The van der Waals surface area contributed by atoms with Crippen LogP contribution in [-0.2, 0) is 38.8 Å². The molecule has 0 spiro atoms. The Morgan fingerprint density at radius 1 is 0.688 bits per heavy atom. The van der Waals surface area contributed by atoms with Crippen molar-refractivity contribution >= 4 is 28.4 Å². The van der Waals surface area contributed by atoms with E-state index in [9.17, 15) is 4.79 Å². The molecule has 1 aliphatic rings. The Balaban J connectivity index is 1.50. The fourth-order valence-corrected chi connectivity index (χ4v) is 4.11. The molecule has 0 unspecified atom stereocenters. The van der Waals surface area contributed by atoms with Gasteiger partial charge in [-0.05, 0) is 57.5 Å². The summed E-state index contributed by atoms with van der Waals surface area (Å²) in [6.45, 7) is 1.14. The molecule has 0 aliphatic heterocycles. The summed E-state index contributed by atoms with van der Waals surface area (Å²) in [4.78, 5) is 12.8. The van der Waals surface area contributed by atoms with Gasteiger partial charge in [-0.3, -0.25) is 4.79 Å². The Morgan fingerprint density at radius 2 is 1.28 bits per heavy atom. The molecule has 5 heteroatoms. The third kappa shape index (κ3) is 6.13. The minimum Gasteiger partial charge on any atom is -0.367 e. The van der Waals surface area contributed by atoms with Gasteiger partial charge in [0.05, 0.1) is 19.8 Å². The van der Waals surface area contributed by atoms with E-state index in [1.165, 1.54) is 0 Å². The number of ether oxygens (including phenoxy) is 3. The van der Waals surface area contributed by atoms with Crippen molar-refractivity contribution < 1.29 is 19.0 Å². The van der Waals surface area contributed by atoms with Crippen LogP contribution in [0.5, 0.6) is 0 Å². The molecule has 0 bridgehead atoms. The number of carbonyl (C=O) groups excluding carboxylic acids is 1. The Morgan fingerprint density at radius 3 is 1.94 bits per heavy atom. The zero-order valence-electron chi connectivity index (χ0n) is 17.6. The highest BCUT2D eigenvalue weighted by Crippen LogP contribution is 2.24. The van der Waals surface area contributed by atoms with Gasteiger partial charge in [0, 0.05) is 3.57 Å². The normalized spacial score (nSPS) is 20.4. The molecule has 32 heavy (non-hydrogen) atoms. The molecule has 0 N–H and O–H groups in total. The number of rotatable bonds is 9.